The molecule has 0 radical (unpaired) electrons. The molecular weight excluding hydrogens is 366 g/mol. The molecular formula is C26H32F2O. The fourth-order valence-electron chi connectivity index (χ4n) is 4.18. The van der Waals surface area contributed by atoms with E-state index in [0.29, 0.717) is 17.2 Å². The SMILES string of the molecule is C=CCCc1ccc(-c2ccc(C3CCC(OCCCC)CC3)c(F)c2)c(F)c1. The average Bonchev–Trinajstić information content (AvgIpc) is 2.73. The summed E-state index contributed by atoms with van der Waals surface area (Å²) >= 11 is 0. The number of halogens is 2. The Morgan fingerprint density at radius 1 is 1.03 bits per heavy atom. The molecule has 1 fully saturated rings. The highest BCUT2D eigenvalue weighted by Gasteiger charge is 2.25. The third kappa shape index (κ3) is 5.76. The molecule has 0 aliphatic heterocycles. The van der Waals surface area contributed by atoms with Crippen LogP contribution in [0.1, 0.15) is 68.9 Å². The summed E-state index contributed by atoms with van der Waals surface area (Å²) in [6.45, 7) is 6.69. The van der Waals surface area contributed by atoms with Crippen molar-refractivity contribution in [3.63, 3.8) is 0 Å². The minimum Gasteiger partial charge on any atom is -0.378 e. The van der Waals surface area contributed by atoms with Gasteiger partial charge in [0.2, 0.25) is 0 Å². The van der Waals surface area contributed by atoms with Crippen molar-refractivity contribution in [3.8, 4) is 11.1 Å². The van der Waals surface area contributed by atoms with E-state index in [2.05, 4.69) is 13.5 Å². The zero-order valence-corrected chi connectivity index (χ0v) is 17.4. The second-order valence-corrected chi connectivity index (χ2v) is 8.08. The van der Waals surface area contributed by atoms with E-state index in [9.17, 15) is 8.78 Å². The summed E-state index contributed by atoms with van der Waals surface area (Å²) in [5, 5.41) is 0. The highest BCUT2D eigenvalue weighted by Crippen LogP contribution is 2.37. The minimum absolute atomic E-state index is 0.223. The summed E-state index contributed by atoms with van der Waals surface area (Å²) in [4.78, 5) is 0. The summed E-state index contributed by atoms with van der Waals surface area (Å²) in [5.41, 5.74) is 2.73. The number of hydrogen-bond donors (Lipinski definition) is 0. The number of allylic oxidation sites excluding steroid dienone is 1. The van der Waals surface area contributed by atoms with Crippen molar-refractivity contribution in [1.82, 2.24) is 0 Å². The van der Waals surface area contributed by atoms with Gasteiger partial charge in [-0.15, -0.1) is 6.58 Å². The van der Waals surface area contributed by atoms with Crippen LogP contribution in [-0.2, 0) is 11.2 Å². The monoisotopic (exact) mass is 398 g/mol. The summed E-state index contributed by atoms with van der Waals surface area (Å²) in [7, 11) is 0. The Balaban J connectivity index is 1.66. The van der Waals surface area contributed by atoms with Crippen LogP contribution in [0.15, 0.2) is 49.1 Å². The maximum absolute atomic E-state index is 14.9. The van der Waals surface area contributed by atoms with Crippen LogP contribution >= 0.6 is 0 Å². The smallest absolute Gasteiger partial charge is 0.131 e. The van der Waals surface area contributed by atoms with Gasteiger partial charge in [-0.1, -0.05) is 43.7 Å². The number of rotatable bonds is 9. The van der Waals surface area contributed by atoms with Crippen molar-refractivity contribution < 1.29 is 13.5 Å². The Bertz CT molecular complexity index is 806. The first-order chi connectivity index (χ1) is 14.1. The lowest BCUT2D eigenvalue weighted by Gasteiger charge is -2.29. The lowest BCUT2D eigenvalue weighted by atomic mass is 9.82. The number of unbranched alkanes of at least 4 members (excludes halogenated alkanes) is 1. The molecule has 1 saturated carbocycles. The molecule has 0 saturated heterocycles. The molecule has 0 unspecified atom stereocenters. The summed E-state index contributed by atoms with van der Waals surface area (Å²) < 4.78 is 35.4. The molecule has 1 aliphatic rings. The van der Waals surface area contributed by atoms with Crippen molar-refractivity contribution in [1.29, 1.82) is 0 Å². The third-order valence-corrected chi connectivity index (χ3v) is 5.95. The molecule has 0 spiro atoms. The van der Waals surface area contributed by atoms with Crippen molar-refractivity contribution in [2.45, 2.75) is 70.3 Å². The third-order valence-electron chi connectivity index (χ3n) is 5.95. The second kappa shape index (κ2) is 10.7. The lowest BCUT2D eigenvalue weighted by molar-refractivity contribution is 0.0230. The fourth-order valence-corrected chi connectivity index (χ4v) is 4.18. The Morgan fingerprint density at radius 3 is 2.48 bits per heavy atom. The van der Waals surface area contributed by atoms with Gasteiger partial charge in [-0.2, -0.15) is 0 Å². The van der Waals surface area contributed by atoms with E-state index in [4.69, 9.17) is 4.74 Å². The van der Waals surface area contributed by atoms with Crippen LogP contribution in [-0.4, -0.2) is 12.7 Å². The number of aryl methyl sites for hydroxylation is 1. The van der Waals surface area contributed by atoms with Gasteiger partial charge in [0.15, 0.2) is 0 Å². The first kappa shape index (κ1) is 21.7. The van der Waals surface area contributed by atoms with E-state index >= 15 is 0 Å². The van der Waals surface area contributed by atoms with Gasteiger partial charge in [0.25, 0.3) is 0 Å². The molecule has 3 rings (SSSR count). The highest BCUT2D eigenvalue weighted by atomic mass is 19.1. The second-order valence-electron chi connectivity index (χ2n) is 8.08. The van der Waals surface area contributed by atoms with E-state index in [1.807, 2.05) is 24.3 Å². The Hall–Kier alpha value is -2.00. The zero-order valence-electron chi connectivity index (χ0n) is 17.4. The van der Waals surface area contributed by atoms with Crippen LogP contribution < -0.4 is 0 Å². The average molecular weight is 399 g/mol. The first-order valence-corrected chi connectivity index (χ1v) is 10.9. The van der Waals surface area contributed by atoms with Crippen LogP contribution in [0.5, 0.6) is 0 Å². The number of hydrogen-bond acceptors (Lipinski definition) is 1. The standard InChI is InChI=1S/C26H32F2O/c1-3-5-7-19-8-14-24(25(27)17-19)21-11-15-23(26(28)18-21)20-9-12-22(13-10-20)29-16-6-4-2/h3,8,11,14-15,17-18,20,22H,1,4-7,9-10,12-13,16H2,2H3. The van der Waals surface area contributed by atoms with Gasteiger partial charge in [-0.3, -0.25) is 0 Å². The van der Waals surface area contributed by atoms with E-state index in [0.717, 1.165) is 69.1 Å². The highest BCUT2D eigenvalue weighted by molar-refractivity contribution is 5.65. The normalized spacial score (nSPS) is 19.3. The van der Waals surface area contributed by atoms with Crippen LogP contribution in [0.2, 0.25) is 0 Å². The van der Waals surface area contributed by atoms with Crippen molar-refractivity contribution in [2.75, 3.05) is 6.61 Å². The minimum atomic E-state index is -0.302. The molecule has 0 heterocycles. The van der Waals surface area contributed by atoms with E-state index in [1.165, 1.54) is 6.07 Å². The Morgan fingerprint density at radius 2 is 1.83 bits per heavy atom. The van der Waals surface area contributed by atoms with Gasteiger partial charge in [-0.05, 0) is 79.7 Å². The van der Waals surface area contributed by atoms with Gasteiger partial charge in [0.05, 0.1) is 6.10 Å². The molecule has 3 heteroatoms. The Labute approximate surface area is 173 Å². The Kier molecular flexibility index (Phi) is 8.00. The van der Waals surface area contributed by atoms with Gasteiger partial charge < -0.3 is 4.74 Å². The molecule has 0 amide bonds. The molecule has 0 bridgehead atoms. The molecule has 0 aromatic heterocycles. The van der Waals surface area contributed by atoms with Crippen molar-refractivity contribution >= 4 is 0 Å². The van der Waals surface area contributed by atoms with Gasteiger partial charge in [-0.25, -0.2) is 8.78 Å². The largest absolute Gasteiger partial charge is 0.378 e. The summed E-state index contributed by atoms with van der Waals surface area (Å²) in [6.07, 6.45) is 9.81. The quantitative estimate of drug-likeness (QED) is 0.312. The molecule has 1 aliphatic carbocycles. The van der Waals surface area contributed by atoms with Crippen LogP contribution in [0.3, 0.4) is 0 Å². The molecule has 156 valence electrons. The van der Waals surface area contributed by atoms with E-state index in [1.54, 1.807) is 12.1 Å². The molecule has 0 atom stereocenters. The molecule has 1 nitrogen and oxygen atoms in total. The summed E-state index contributed by atoms with van der Waals surface area (Å²) in [6, 6.07) is 10.4. The molecule has 2 aromatic rings. The zero-order chi connectivity index (χ0) is 20.6. The van der Waals surface area contributed by atoms with Crippen molar-refractivity contribution in [2.24, 2.45) is 0 Å². The fraction of sp³-hybridized carbons (Fsp3) is 0.462. The first-order valence-electron chi connectivity index (χ1n) is 10.9. The van der Waals surface area contributed by atoms with E-state index < -0.39 is 0 Å². The molecule has 2 aromatic carbocycles. The number of ether oxygens (including phenoxy) is 1. The maximum Gasteiger partial charge on any atom is 0.131 e. The predicted octanol–water partition coefficient (Wildman–Crippen LogP) is 7.59. The van der Waals surface area contributed by atoms with Crippen molar-refractivity contribution in [3.05, 3.63) is 71.8 Å². The van der Waals surface area contributed by atoms with E-state index in [-0.39, 0.29) is 17.6 Å². The van der Waals surface area contributed by atoms with Crippen LogP contribution in [0, 0.1) is 11.6 Å². The maximum atomic E-state index is 14.9. The number of benzene rings is 2. The van der Waals surface area contributed by atoms with Crippen LogP contribution in [0.4, 0.5) is 8.78 Å². The van der Waals surface area contributed by atoms with Gasteiger partial charge in [0.1, 0.15) is 11.6 Å². The lowest BCUT2D eigenvalue weighted by Crippen LogP contribution is -2.21. The van der Waals surface area contributed by atoms with Gasteiger partial charge >= 0.3 is 0 Å². The molecule has 29 heavy (non-hydrogen) atoms. The van der Waals surface area contributed by atoms with Gasteiger partial charge in [0, 0.05) is 12.2 Å². The predicted molar refractivity (Wildman–Crippen MR) is 116 cm³/mol. The van der Waals surface area contributed by atoms with Crippen LogP contribution in [0.25, 0.3) is 11.1 Å². The topological polar surface area (TPSA) is 9.23 Å². The summed E-state index contributed by atoms with van der Waals surface area (Å²) in [5.74, 6) is -0.308. The molecule has 0 N–H and O–H groups in total.